The van der Waals surface area contributed by atoms with Gasteiger partial charge in [0, 0.05) is 16.8 Å². The maximum Gasteiger partial charge on any atom is 0.247 e. The highest BCUT2D eigenvalue weighted by Crippen LogP contribution is 2.43. The van der Waals surface area contributed by atoms with Gasteiger partial charge in [0.05, 0.1) is 11.6 Å². The van der Waals surface area contributed by atoms with E-state index in [0.717, 1.165) is 32.6 Å². The number of methoxy groups -OCH3 is 1. The number of hydrogen-bond donors (Lipinski definition) is 1. The Morgan fingerprint density at radius 2 is 1.86 bits per heavy atom. The van der Waals surface area contributed by atoms with Crippen LogP contribution in [0.15, 0.2) is 76.4 Å². The van der Waals surface area contributed by atoms with Gasteiger partial charge >= 0.3 is 0 Å². The topological polar surface area (TPSA) is 78.4 Å². The van der Waals surface area contributed by atoms with Crippen molar-refractivity contribution in [1.82, 2.24) is 15.2 Å². The number of aromatic nitrogens is 3. The third-order valence-corrected chi connectivity index (χ3v) is 6.70. The van der Waals surface area contributed by atoms with E-state index in [1.807, 2.05) is 73.7 Å². The zero-order valence-electron chi connectivity index (χ0n) is 19.2. The van der Waals surface area contributed by atoms with Crippen molar-refractivity contribution in [2.75, 3.05) is 18.2 Å². The zero-order chi connectivity index (χ0) is 24.2. The van der Waals surface area contributed by atoms with E-state index < -0.39 is 6.23 Å². The lowest BCUT2D eigenvalue weighted by Crippen LogP contribution is -2.17. The third kappa shape index (κ3) is 5.06. The average molecular weight is 551 g/mol. The number of nitrogens with zero attached hydrogens (tertiary/aromatic N) is 3. The second kappa shape index (κ2) is 10.5. The number of ether oxygens (including phenoxy) is 3. The largest absolute Gasteiger partial charge is 0.493 e. The van der Waals surface area contributed by atoms with E-state index in [4.69, 9.17) is 14.2 Å². The van der Waals surface area contributed by atoms with Crippen LogP contribution in [0.2, 0.25) is 0 Å². The van der Waals surface area contributed by atoms with Crippen molar-refractivity contribution in [2.45, 2.75) is 24.9 Å². The van der Waals surface area contributed by atoms with Gasteiger partial charge in [-0.15, -0.1) is 10.2 Å². The fourth-order valence-electron chi connectivity index (χ4n) is 3.75. The summed E-state index contributed by atoms with van der Waals surface area (Å²) in [7, 11) is 1.62. The van der Waals surface area contributed by atoms with Gasteiger partial charge in [0.25, 0.3) is 0 Å². The zero-order valence-corrected chi connectivity index (χ0v) is 21.6. The molecule has 1 aliphatic rings. The monoisotopic (exact) mass is 550 g/mol. The molecule has 4 aromatic rings. The van der Waals surface area contributed by atoms with E-state index in [9.17, 15) is 0 Å². The molecular weight excluding hydrogens is 528 g/mol. The fraction of sp³-hybridized carbons (Fsp3) is 0.192. The van der Waals surface area contributed by atoms with Crippen LogP contribution in [0.25, 0.3) is 11.3 Å². The Morgan fingerprint density at radius 1 is 1.06 bits per heavy atom. The molecule has 9 heteroatoms. The smallest absolute Gasteiger partial charge is 0.247 e. The van der Waals surface area contributed by atoms with Gasteiger partial charge in [0.2, 0.25) is 11.0 Å². The molecule has 0 spiro atoms. The van der Waals surface area contributed by atoms with Gasteiger partial charge < -0.3 is 19.5 Å². The third-order valence-electron chi connectivity index (χ3n) is 5.39. The number of halogens is 1. The molecule has 1 aromatic heterocycles. The Labute approximate surface area is 216 Å². The van der Waals surface area contributed by atoms with Crippen LogP contribution < -0.4 is 19.5 Å². The molecule has 35 heavy (non-hydrogen) atoms. The molecule has 1 atom stereocenters. The number of hydrogen-bond acceptors (Lipinski definition) is 8. The van der Waals surface area contributed by atoms with Crippen molar-refractivity contribution in [2.24, 2.45) is 0 Å². The highest BCUT2D eigenvalue weighted by atomic mass is 79.9. The quantitative estimate of drug-likeness (QED) is 0.261. The maximum atomic E-state index is 6.38. The molecule has 0 radical (unpaired) electrons. The van der Waals surface area contributed by atoms with Crippen LogP contribution in [0.5, 0.6) is 17.4 Å². The maximum absolute atomic E-state index is 6.38. The van der Waals surface area contributed by atoms with Gasteiger partial charge in [-0.2, -0.15) is 4.98 Å². The fourth-order valence-corrected chi connectivity index (χ4v) is 4.83. The summed E-state index contributed by atoms with van der Waals surface area (Å²) >= 11 is 5.18. The molecule has 0 bridgehead atoms. The highest BCUT2D eigenvalue weighted by Gasteiger charge is 2.27. The van der Waals surface area contributed by atoms with E-state index >= 15 is 0 Å². The molecule has 0 aliphatic carbocycles. The van der Waals surface area contributed by atoms with Crippen LogP contribution in [0.3, 0.4) is 0 Å². The summed E-state index contributed by atoms with van der Waals surface area (Å²) in [6, 6.07) is 21.8. The van der Waals surface area contributed by atoms with E-state index in [0.29, 0.717) is 34.8 Å². The van der Waals surface area contributed by atoms with Gasteiger partial charge in [0.15, 0.2) is 23.4 Å². The van der Waals surface area contributed by atoms with Crippen LogP contribution in [0.4, 0.5) is 5.69 Å². The highest BCUT2D eigenvalue weighted by molar-refractivity contribution is 9.10. The first-order valence-corrected chi connectivity index (χ1v) is 12.9. The molecule has 1 aliphatic heterocycles. The van der Waals surface area contributed by atoms with E-state index in [1.165, 1.54) is 11.8 Å². The lowest BCUT2D eigenvalue weighted by Gasteiger charge is -2.21. The number of thioether (sulfide) groups is 1. The summed E-state index contributed by atoms with van der Waals surface area (Å²) in [6.45, 7) is 2.47. The van der Waals surface area contributed by atoms with Crippen molar-refractivity contribution >= 4 is 33.4 Å². The molecule has 0 amide bonds. The standard InChI is InChI=1S/C26H23BrN4O3S/c1-3-35-26-29-25-22(30-31-26)18-11-7-8-12-20(18)28-24(34-25)17-13-19(27)23(21(14-17)32-2)33-15-16-9-5-4-6-10-16/h4-14,24,28H,3,15H2,1-2H3. The van der Waals surface area contributed by atoms with Crippen LogP contribution in [0.1, 0.15) is 24.3 Å². The lowest BCUT2D eigenvalue weighted by atomic mass is 10.1. The number of fused-ring (bicyclic) bond motifs is 3. The first kappa shape index (κ1) is 23.4. The Hall–Kier alpha value is -3.30. The number of benzene rings is 3. The normalized spacial score (nSPS) is 14.1. The molecule has 0 fully saturated rings. The minimum Gasteiger partial charge on any atom is -0.493 e. The minimum atomic E-state index is -0.540. The predicted octanol–water partition coefficient (Wildman–Crippen LogP) is 6.50. The first-order valence-electron chi connectivity index (χ1n) is 11.1. The molecule has 7 nitrogen and oxygen atoms in total. The molecule has 178 valence electrons. The number of para-hydroxylation sites is 1. The molecule has 0 saturated carbocycles. The van der Waals surface area contributed by atoms with Crippen LogP contribution >= 0.6 is 27.7 Å². The number of nitrogens with one attached hydrogen (secondary N) is 1. The van der Waals surface area contributed by atoms with E-state index in [2.05, 4.69) is 36.4 Å². The summed E-state index contributed by atoms with van der Waals surface area (Å²) in [5, 5.41) is 12.8. The summed E-state index contributed by atoms with van der Waals surface area (Å²) < 4.78 is 18.9. The summed E-state index contributed by atoms with van der Waals surface area (Å²) in [5.74, 6) is 2.49. The van der Waals surface area contributed by atoms with Crippen molar-refractivity contribution in [1.29, 1.82) is 0 Å². The Balaban J connectivity index is 1.50. The van der Waals surface area contributed by atoms with Crippen LogP contribution in [0, 0.1) is 0 Å². The molecule has 3 aromatic carbocycles. The van der Waals surface area contributed by atoms with Crippen molar-refractivity contribution in [3.8, 4) is 28.6 Å². The average Bonchev–Trinajstić information content (AvgIpc) is 3.05. The van der Waals surface area contributed by atoms with E-state index in [-0.39, 0.29) is 0 Å². The van der Waals surface area contributed by atoms with Crippen LogP contribution in [-0.2, 0) is 6.61 Å². The summed E-state index contributed by atoms with van der Waals surface area (Å²) in [6.07, 6.45) is -0.540. The number of rotatable bonds is 7. The minimum absolute atomic E-state index is 0.425. The molecule has 5 rings (SSSR count). The van der Waals surface area contributed by atoms with Gasteiger partial charge in [-0.1, -0.05) is 67.2 Å². The molecule has 1 unspecified atom stereocenters. The van der Waals surface area contributed by atoms with Gasteiger partial charge in [-0.3, -0.25) is 0 Å². The molecule has 2 heterocycles. The van der Waals surface area contributed by atoms with Crippen LogP contribution in [-0.4, -0.2) is 28.0 Å². The van der Waals surface area contributed by atoms with Gasteiger partial charge in [-0.05, 0) is 45.4 Å². The number of anilines is 1. The van der Waals surface area contributed by atoms with E-state index in [1.54, 1.807) is 7.11 Å². The molecule has 1 N–H and O–H groups in total. The van der Waals surface area contributed by atoms with Gasteiger partial charge in [-0.25, -0.2) is 0 Å². The molecule has 0 saturated heterocycles. The SMILES string of the molecule is CCSc1nnc2c(n1)OC(c1cc(Br)c(OCc3ccccc3)c(OC)c1)Nc1ccccc1-2. The van der Waals surface area contributed by atoms with Crippen molar-refractivity contribution in [3.05, 3.63) is 82.3 Å². The Kier molecular flexibility index (Phi) is 7.06. The first-order chi connectivity index (χ1) is 17.2. The van der Waals surface area contributed by atoms with Crippen molar-refractivity contribution in [3.63, 3.8) is 0 Å². The van der Waals surface area contributed by atoms with Crippen molar-refractivity contribution < 1.29 is 14.2 Å². The summed E-state index contributed by atoms with van der Waals surface area (Å²) in [4.78, 5) is 4.64. The summed E-state index contributed by atoms with van der Waals surface area (Å²) in [5.41, 5.74) is 4.27. The molecular formula is C26H23BrN4O3S. The lowest BCUT2D eigenvalue weighted by molar-refractivity contribution is 0.223. The van der Waals surface area contributed by atoms with Gasteiger partial charge in [0.1, 0.15) is 6.61 Å². The second-order valence-electron chi connectivity index (χ2n) is 7.68. The Morgan fingerprint density at radius 3 is 2.66 bits per heavy atom. The second-order valence-corrected chi connectivity index (χ2v) is 9.76. The Bertz CT molecular complexity index is 1340. The predicted molar refractivity (Wildman–Crippen MR) is 140 cm³/mol.